The standard InChI is InChI=1S/C14H20N2O3S/c1-3-4-14(13(18)19)5-7-16(8-6-14)12(17)11-9-15-10(2)20-11/h9H,3-8H2,1-2H3,(H,18,19). The number of likely N-dealkylation sites (tertiary alicyclic amines) is 1. The number of aryl methyl sites for hydroxylation is 1. The van der Waals surface area contributed by atoms with E-state index < -0.39 is 11.4 Å². The number of piperidine rings is 1. The van der Waals surface area contributed by atoms with E-state index in [4.69, 9.17) is 0 Å². The van der Waals surface area contributed by atoms with E-state index in [9.17, 15) is 14.7 Å². The van der Waals surface area contributed by atoms with Crippen molar-refractivity contribution in [2.75, 3.05) is 13.1 Å². The summed E-state index contributed by atoms with van der Waals surface area (Å²) >= 11 is 1.39. The van der Waals surface area contributed by atoms with Crippen LogP contribution in [0.25, 0.3) is 0 Å². The lowest BCUT2D eigenvalue weighted by molar-refractivity contribution is -0.152. The molecule has 0 bridgehead atoms. The van der Waals surface area contributed by atoms with Crippen LogP contribution in [0.1, 0.15) is 47.3 Å². The van der Waals surface area contributed by atoms with Crippen molar-refractivity contribution in [3.63, 3.8) is 0 Å². The quantitative estimate of drug-likeness (QED) is 0.927. The number of carboxylic acid groups (broad SMARTS) is 1. The minimum absolute atomic E-state index is 0.0221. The number of carbonyl (C=O) groups is 2. The van der Waals surface area contributed by atoms with Crippen LogP contribution in [0.15, 0.2) is 6.20 Å². The van der Waals surface area contributed by atoms with Gasteiger partial charge >= 0.3 is 5.97 Å². The predicted octanol–water partition coefficient (Wildman–Crippen LogP) is 2.56. The lowest BCUT2D eigenvalue weighted by Crippen LogP contribution is -2.46. The lowest BCUT2D eigenvalue weighted by Gasteiger charge is -2.38. The van der Waals surface area contributed by atoms with Crippen LogP contribution in [-0.4, -0.2) is 40.0 Å². The van der Waals surface area contributed by atoms with Gasteiger partial charge in [0.2, 0.25) is 0 Å². The Bertz CT molecular complexity index is 504. The molecule has 1 aromatic heterocycles. The zero-order valence-corrected chi connectivity index (χ0v) is 12.7. The zero-order chi connectivity index (χ0) is 14.8. The molecule has 1 aromatic rings. The summed E-state index contributed by atoms with van der Waals surface area (Å²) < 4.78 is 0. The molecule has 0 saturated carbocycles. The molecular formula is C14H20N2O3S. The first-order chi connectivity index (χ1) is 9.48. The maximum atomic E-state index is 12.3. The van der Waals surface area contributed by atoms with E-state index in [-0.39, 0.29) is 5.91 Å². The molecule has 0 atom stereocenters. The van der Waals surface area contributed by atoms with Crippen molar-refractivity contribution in [3.05, 3.63) is 16.1 Å². The number of amides is 1. The highest BCUT2D eigenvalue weighted by Crippen LogP contribution is 2.37. The highest BCUT2D eigenvalue weighted by Gasteiger charge is 2.41. The van der Waals surface area contributed by atoms with Crippen molar-refractivity contribution in [1.29, 1.82) is 0 Å². The second-order valence-electron chi connectivity index (χ2n) is 5.37. The number of carboxylic acids is 1. The van der Waals surface area contributed by atoms with Crippen molar-refractivity contribution in [3.8, 4) is 0 Å². The molecule has 2 rings (SSSR count). The Labute approximate surface area is 122 Å². The van der Waals surface area contributed by atoms with Gasteiger partial charge in [-0.2, -0.15) is 0 Å². The van der Waals surface area contributed by atoms with Gasteiger partial charge in [-0.25, -0.2) is 4.98 Å². The molecule has 0 aliphatic carbocycles. The average Bonchev–Trinajstić information content (AvgIpc) is 2.85. The van der Waals surface area contributed by atoms with Crippen LogP contribution in [0.5, 0.6) is 0 Å². The number of aromatic nitrogens is 1. The fourth-order valence-corrected chi connectivity index (χ4v) is 3.55. The molecule has 0 aromatic carbocycles. The molecule has 20 heavy (non-hydrogen) atoms. The number of nitrogens with zero attached hydrogens (tertiary/aromatic N) is 2. The van der Waals surface area contributed by atoms with E-state index in [0.29, 0.717) is 37.2 Å². The Morgan fingerprint density at radius 3 is 2.55 bits per heavy atom. The van der Waals surface area contributed by atoms with E-state index in [0.717, 1.165) is 11.4 Å². The lowest BCUT2D eigenvalue weighted by atomic mass is 9.75. The van der Waals surface area contributed by atoms with Crippen molar-refractivity contribution in [2.45, 2.75) is 39.5 Å². The molecule has 1 N–H and O–H groups in total. The predicted molar refractivity (Wildman–Crippen MR) is 77.0 cm³/mol. The Morgan fingerprint density at radius 2 is 2.10 bits per heavy atom. The summed E-state index contributed by atoms with van der Waals surface area (Å²) in [5, 5.41) is 10.3. The summed E-state index contributed by atoms with van der Waals surface area (Å²) in [6, 6.07) is 0. The van der Waals surface area contributed by atoms with Crippen LogP contribution in [0.2, 0.25) is 0 Å². The summed E-state index contributed by atoms with van der Waals surface area (Å²) in [7, 11) is 0. The first-order valence-electron chi connectivity index (χ1n) is 6.93. The summed E-state index contributed by atoms with van der Waals surface area (Å²) in [5.41, 5.74) is -0.644. The molecular weight excluding hydrogens is 276 g/mol. The third-order valence-electron chi connectivity index (χ3n) is 4.02. The first-order valence-corrected chi connectivity index (χ1v) is 7.75. The van der Waals surface area contributed by atoms with Crippen LogP contribution in [-0.2, 0) is 4.79 Å². The van der Waals surface area contributed by atoms with Crippen LogP contribution in [0.3, 0.4) is 0 Å². The Hall–Kier alpha value is -1.43. The molecule has 1 saturated heterocycles. The SMILES string of the molecule is CCCC1(C(=O)O)CCN(C(=O)c2cnc(C)s2)CC1. The maximum absolute atomic E-state index is 12.3. The third kappa shape index (κ3) is 2.85. The van der Waals surface area contributed by atoms with Gasteiger partial charge in [-0.1, -0.05) is 13.3 Å². The fourth-order valence-electron chi connectivity index (χ4n) is 2.80. The molecule has 0 radical (unpaired) electrons. The van der Waals surface area contributed by atoms with Crippen molar-refractivity contribution >= 4 is 23.2 Å². The van der Waals surface area contributed by atoms with Gasteiger partial charge in [0.1, 0.15) is 4.88 Å². The molecule has 5 nitrogen and oxygen atoms in total. The van der Waals surface area contributed by atoms with E-state index in [1.165, 1.54) is 11.3 Å². The smallest absolute Gasteiger partial charge is 0.309 e. The van der Waals surface area contributed by atoms with E-state index >= 15 is 0 Å². The van der Waals surface area contributed by atoms with Crippen molar-refractivity contribution in [1.82, 2.24) is 9.88 Å². The molecule has 1 fully saturated rings. The van der Waals surface area contributed by atoms with E-state index in [1.807, 2.05) is 13.8 Å². The van der Waals surface area contributed by atoms with E-state index in [1.54, 1.807) is 11.1 Å². The molecule has 2 heterocycles. The van der Waals surface area contributed by atoms with Crippen LogP contribution < -0.4 is 0 Å². The molecule has 1 amide bonds. The van der Waals surface area contributed by atoms with Gasteiger partial charge < -0.3 is 10.0 Å². The zero-order valence-electron chi connectivity index (χ0n) is 11.9. The van der Waals surface area contributed by atoms with Crippen LogP contribution >= 0.6 is 11.3 Å². The van der Waals surface area contributed by atoms with Gasteiger partial charge in [0.05, 0.1) is 16.6 Å². The molecule has 0 unspecified atom stereocenters. The summed E-state index contributed by atoms with van der Waals surface area (Å²) in [6.07, 6.45) is 4.23. The van der Waals surface area contributed by atoms with Gasteiger partial charge in [-0.05, 0) is 26.2 Å². The summed E-state index contributed by atoms with van der Waals surface area (Å²) in [4.78, 5) is 30.3. The van der Waals surface area contributed by atoms with Gasteiger partial charge in [-0.3, -0.25) is 9.59 Å². The molecule has 6 heteroatoms. The van der Waals surface area contributed by atoms with Gasteiger partial charge in [-0.15, -0.1) is 11.3 Å². The second-order valence-corrected chi connectivity index (χ2v) is 6.61. The second kappa shape index (κ2) is 5.91. The number of rotatable bonds is 4. The largest absolute Gasteiger partial charge is 0.481 e. The van der Waals surface area contributed by atoms with Crippen LogP contribution in [0.4, 0.5) is 0 Å². The van der Waals surface area contributed by atoms with E-state index in [2.05, 4.69) is 4.98 Å². The van der Waals surface area contributed by atoms with Crippen molar-refractivity contribution < 1.29 is 14.7 Å². The molecule has 110 valence electrons. The third-order valence-corrected chi connectivity index (χ3v) is 4.92. The molecule has 1 aliphatic rings. The average molecular weight is 296 g/mol. The van der Waals surface area contributed by atoms with Crippen LogP contribution in [0, 0.1) is 12.3 Å². The number of hydrogen-bond donors (Lipinski definition) is 1. The normalized spacial score (nSPS) is 18.0. The topological polar surface area (TPSA) is 70.5 Å². The number of aliphatic carboxylic acids is 1. The number of hydrogen-bond acceptors (Lipinski definition) is 4. The monoisotopic (exact) mass is 296 g/mol. The Balaban J connectivity index is 2.03. The molecule has 1 aliphatic heterocycles. The highest BCUT2D eigenvalue weighted by atomic mass is 32.1. The minimum atomic E-state index is -0.722. The first kappa shape index (κ1) is 15.0. The molecule has 0 spiro atoms. The van der Waals surface area contributed by atoms with Crippen molar-refractivity contribution in [2.24, 2.45) is 5.41 Å². The number of thiazole rings is 1. The Kier molecular flexibility index (Phi) is 4.42. The summed E-state index contributed by atoms with van der Waals surface area (Å²) in [5.74, 6) is -0.744. The number of carbonyl (C=O) groups excluding carboxylic acids is 1. The van der Waals surface area contributed by atoms with Gasteiger partial charge in [0, 0.05) is 13.1 Å². The highest BCUT2D eigenvalue weighted by molar-refractivity contribution is 7.13. The van der Waals surface area contributed by atoms with Gasteiger partial charge in [0.15, 0.2) is 0 Å². The minimum Gasteiger partial charge on any atom is -0.481 e. The van der Waals surface area contributed by atoms with Gasteiger partial charge in [0.25, 0.3) is 5.91 Å². The fraction of sp³-hybridized carbons (Fsp3) is 0.643. The maximum Gasteiger partial charge on any atom is 0.309 e. The summed E-state index contributed by atoms with van der Waals surface area (Å²) in [6.45, 7) is 4.90. The Morgan fingerprint density at radius 1 is 1.45 bits per heavy atom.